The largest absolute Gasteiger partial charge is 0.385 e. The van der Waals surface area contributed by atoms with Gasteiger partial charge in [-0.25, -0.2) is 0 Å². The Morgan fingerprint density at radius 2 is 2.00 bits per heavy atom. The Labute approximate surface area is 114 Å². The van der Waals surface area contributed by atoms with E-state index in [-0.39, 0.29) is 10.6 Å². The highest BCUT2D eigenvalue weighted by atomic mass is 16.6. The van der Waals surface area contributed by atoms with Crippen molar-refractivity contribution in [2.45, 2.75) is 33.1 Å². The van der Waals surface area contributed by atoms with Gasteiger partial charge in [0.05, 0.1) is 4.92 Å². The first-order valence-electron chi connectivity index (χ1n) is 6.83. The lowest BCUT2D eigenvalue weighted by atomic mass is 10.2. The first-order valence-corrected chi connectivity index (χ1v) is 6.83. The van der Waals surface area contributed by atoms with Gasteiger partial charge in [0.15, 0.2) is 0 Å². The predicted molar refractivity (Wildman–Crippen MR) is 80.1 cm³/mol. The molecule has 0 atom stereocenters. The second kappa shape index (κ2) is 7.61. The molecule has 0 radical (unpaired) electrons. The van der Waals surface area contributed by atoms with E-state index in [2.05, 4.69) is 24.1 Å². The van der Waals surface area contributed by atoms with Gasteiger partial charge in [-0.05, 0) is 18.9 Å². The van der Waals surface area contributed by atoms with E-state index >= 15 is 0 Å². The van der Waals surface area contributed by atoms with Gasteiger partial charge in [-0.1, -0.05) is 20.3 Å². The van der Waals surface area contributed by atoms with Crippen molar-refractivity contribution in [3.63, 3.8) is 0 Å². The number of rotatable bonds is 8. The van der Waals surface area contributed by atoms with Crippen LogP contribution in [0.15, 0.2) is 18.2 Å². The zero-order chi connectivity index (χ0) is 14.3. The number of nitro groups is 1. The summed E-state index contributed by atoms with van der Waals surface area (Å²) in [6, 6.07) is 5.19. The minimum absolute atomic E-state index is 0.138. The standard InChI is InChI=1S/C14H23N3O2/c1-4-6-8-16(3)13-9-12(15-7-5-2)10-14(11-13)17(18)19/h9-11,15H,4-8H2,1-3H3. The van der Waals surface area contributed by atoms with Crippen molar-refractivity contribution in [2.24, 2.45) is 0 Å². The molecule has 0 heterocycles. The molecule has 0 bridgehead atoms. The predicted octanol–water partition coefficient (Wildman–Crippen LogP) is 3.65. The Bertz CT molecular complexity index is 421. The summed E-state index contributed by atoms with van der Waals surface area (Å²) in [5.41, 5.74) is 1.84. The minimum atomic E-state index is -0.339. The molecular formula is C14H23N3O2. The van der Waals surface area contributed by atoms with Crippen molar-refractivity contribution in [3.8, 4) is 0 Å². The van der Waals surface area contributed by atoms with Crippen LogP contribution in [0.5, 0.6) is 0 Å². The molecule has 0 saturated carbocycles. The summed E-state index contributed by atoms with van der Waals surface area (Å²) < 4.78 is 0. The smallest absolute Gasteiger partial charge is 0.273 e. The maximum absolute atomic E-state index is 11.0. The van der Waals surface area contributed by atoms with E-state index in [1.54, 1.807) is 12.1 Å². The summed E-state index contributed by atoms with van der Waals surface area (Å²) >= 11 is 0. The van der Waals surface area contributed by atoms with E-state index < -0.39 is 0 Å². The molecule has 106 valence electrons. The van der Waals surface area contributed by atoms with Crippen LogP contribution in [0.2, 0.25) is 0 Å². The Kier molecular flexibility index (Phi) is 6.12. The highest BCUT2D eigenvalue weighted by Gasteiger charge is 2.11. The number of nitro benzene ring substituents is 1. The van der Waals surface area contributed by atoms with Crippen molar-refractivity contribution in [2.75, 3.05) is 30.4 Å². The monoisotopic (exact) mass is 265 g/mol. The molecular weight excluding hydrogens is 242 g/mol. The van der Waals surface area contributed by atoms with Crippen molar-refractivity contribution in [1.82, 2.24) is 0 Å². The molecule has 1 N–H and O–H groups in total. The fourth-order valence-electron chi connectivity index (χ4n) is 1.82. The van der Waals surface area contributed by atoms with Gasteiger partial charge in [0.25, 0.3) is 5.69 Å². The lowest BCUT2D eigenvalue weighted by Gasteiger charge is -2.20. The normalized spacial score (nSPS) is 10.3. The SMILES string of the molecule is CCCCN(C)c1cc(NCCC)cc([N+](=O)[O-])c1. The highest BCUT2D eigenvalue weighted by molar-refractivity contribution is 5.64. The fourth-order valence-corrected chi connectivity index (χ4v) is 1.82. The second-order valence-electron chi connectivity index (χ2n) is 4.70. The molecule has 0 spiro atoms. The maximum atomic E-state index is 11.0. The zero-order valence-electron chi connectivity index (χ0n) is 12.0. The third kappa shape index (κ3) is 4.77. The van der Waals surface area contributed by atoms with Crippen molar-refractivity contribution in [1.29, 1.82) is 0 Å². The molecule has 1 aromatic carbocycles. The van der Waals surface area contributed by atoms with Gasteiger partial charge in [0, 0.05) is 43.6 Å². The summed E-state index contributed by atoms with van der Waals surface area (Å²) in [5.74, 6) is 0. The molecule has 0 saturated heterocycles. The number of non-ortho nitro benzene ring substituents is 1. The molecule has 5 nitrogen and oxygen atoms in total. The molecule has 0 fully saturated rings. The lowest BCUT2D eigenvalue weighted by molar-refractivity contribution is -0.384. The molecule has 0 aliphatic rings. The van der Waals surface area contributed by atoms with Crippen molar-refractivity contribution < 1.29 is 4.92 Å². The number of nitrogens with zero attached hydrogens (tertiary/aromatic N) is 2. The van der Waals surface area contributed by atoms with Gasteiger partial charge in [-0.15, -0.1) is 0 Å². The number of benzene rings is 1. The molecule has 0 amide bonds. The van der Waals surface area contributed by atoms with Crippen LogP contribution in [0.25, 0.3) is 0 Å². The average molecular weight is 265 g/mol. The zero-order valence-corrected chi connectivity index (χ0v) is 12.0. The van der Waals surface area contributed by atoms with Crippen LogP contribution >= 0.6 is 0 Å². The molecule has 0 aliphatic heterocycles. The molecule has 1 rings (SSSR count). The molecule has 19 heavy (non-hydrogen) atoms. The van der Waals surface area contributed by atoms with E-state index in [0.29, 0.717) is 0 Å². The molecule has 1 aromatic rings. The first-order chi connectivity index (χ1) is 9.08. The van der Waals surface area contributed by atoms with Gasteiger partial charge in [0.1, 0.15) is 0 Å². The molecule has 0 aromatic heterocycles. The summed E-state index contributed by atoms with van der Waals surface area (Å²) in [6.45, 7) is 5.93. The summed E-state index contributed by atoms with van der Waals surface area (Å²) in [6.07, 6.45) is 3.18. The van der Waals surface area contributed by atoms with Crippen LogP contribution < -0.4 is 10.2 Å². The van der Waals surface area contributed by atoms with Crippen LogP contribution in [0.1, 0.15) is 33.1 Å². The third-order valence-electron chi connectivity index (χ3n) is 2.98. The summed E-state index contributed by atoms with van der Waals surface area (Å²) in [5, 5.41) is 14.2. The molecule has 5 heteroatoms. The van der Waals surface area contributed by atoms with Crippen LogP contribution in [0.3, 0.4) is 0 Å². The Morgan fingerprint density at radius 3 is 2.58 bits per heavy atom. The summed E-state index contributed by atoms with van der Waals surface area (Å²) in [4.78, 5) is 12.7. The quantitative estimate of drug-likeness (QED) is 0.575. The topological polar surface area (TPSA) is 58.4 Å². The summed E-state index contributed by atoms with van der Waals surface area (Å²) in [7, 11) is 1.97. The number of nitrogens with one attached hydrogen (secondary N) is 1. The number of hydrogen-bond donors (Lipinski definition) is 1. The van der Waals surface area contributed by atoms with Crippen LogP contribution in [0.4, 0.5) is 17.1 Å². The van der Waals surface area contributed by atoms with Gasteiger partial charge in [0.2, 0.25) is 0 Å². The van der Waals surface area contributed by atoms with Gasteiger partial charge < -0.3 is 10.2 Å². The van der Waals surface area contributed by atoms with E-state index in [0.717, 1.165) is 43.7 Å². The van der Waals surface area contributed by atoms with E-state index in [4.69, 9.17) is 0 Å². The third-order valence-corrected chi connectivity index (χ3v) is 2.98. The fraction of sp³-hybridized carbons (Fsp3) is 0.571. The van der Waals surface area contributed by atoms with Crippen LogP contribution in [-0.4, -0.2) is 25.1 Å². The Balaban J connectivity index is 2.94. The number of unbranched alkanes of at least 4 members (excludes halogenated alkanes) is 1. The number of hydrogen-bond acceptors (Lipinski definition) is 4. The number of anilines is 2. The van der Waals surface area contributed by atoms with Gasteiger partial charge in [-0.3, -0.25) is 10.1 Å². The minimum Gasteiger partial charge on any atom is -0.385 e. The van der Waals surface area contributed by atoms with Crippen molar-refractivity contribution >= 4 is 17.1 Å². The maximum Gasteiger partial charge on any atom is 0.273 e. The van der Waals surface area contributed by atoms with E-state index in [1.807, 2.05) is 13.1 Å². The van der Waals surface area contributed by atoms with Gasteiger partial charge in [-0.2, -0.15) is 0 Å². The average Bonchev–Trinajstić information content (AvgIpc) is 2.42. The van der Waals surface area contributed by atoms with E-state index in [1.165, 1.54) is 0 Å². The highest BCUT2D eigenvalue weighted by Crippen LogP contribution is 2.26. The van der Waals surface area contributed by atoms with Crippen LogP contribution in [-0.2, 0) is 0 Å². The Hall–Kier alpha value is -1.78. The van der Waals surface area contributed by atoms with Crippen LogP contribution in [0, 0.1) is 10.1 Å². The lowest BCUT2D eigenvalue weighted by Crippen LogP contribution is -2.18. The van der Waals surface area contributed by atoms with Gasteiger partial charge >= 0.3 is 0 Å². The second-order valence-corrected chi connectivity index (χ2v) is 4.70. The van der Waals surface area contributed by atoms with Crippen molar-refractivity contribution in [3.05, 3.63) is 28.3 Å². The molecule has 0 aliphatic carbocycles. The first kappa shape index (κ1) is 15.3. The van der Waals surface area contributed by atoms with E-state index in [9.17, 15) is 10.1 Å². The Morgan fingerprint density at radius 1 is 1.26 bits per heavy atom. The molecule has 0 unspecified atom stereocenters.